The second kappa shape index (κ2) is 7.59. The molecular weight excluding hydrogens is 366 g/mol. The Bertz CT molecular complexity index is 1260. The number of fused-ring (bicyclic) bond motifs is 1. The molecule has 2 heterocycles. The van der Waals surface area contributed by atoms with Crippen LogP contribution in [0.4, 0.5) is 5.69 Å². The first-order valence-electron chi connectivity index (χ1n) is 9.17. The number of nitrogens with one attached hydrogen (secondary N) is 1. The minimum atomic E-state index is -0.658. The molecule has 0 radical (unpaired) electrons. The van der Waals surface area contributed by atoms with Gasteiger partial charge in [-0.15, -0.1) is 0 Å². The number of rotatable bonds is 4. The number of carbonyl (C=O) groups is 1. The van der Waals surface area contributed by atoms with Gasteiger partial charge in [0.1, 0.15) is 17.0 Å². The highest BCUT2D eigenvalue weighted by molar-refractivity contribution is 6.09. The lowest BCUT2D eigenvalue weighted by molar-refractivity contribution is 0.102. The van der Waals surface area contributed by atoms with E-state index in [1.807, 2.05) is 49.4 Å². The first-order chi connectivity index (χ1) is 14.1. The van der Waals surface area contributed by atoms with E-state index in [1.165, 1.54) is 4.57 Å². The van der Waals surface area contributed by atoms with Gasteiger partial charge in [0, 0.05) is 11.9 Å². The number of amides is 1. The number of pyridine rings is 2. The molecule has 2 aromatic carbocycles. The Morgan fingerprint density at radius 3 is 2.52 bits per heavy atom. The van der Waals surface area contributed by atoms with Crippen LogP contribution >= 0.6 is 0 Å². The first kappa shape index (κ1) is 18.4. The van der Waals surface area contributed by atoms with Crippen molar-refractivity contribution in [2.75, 3.05) is 5.32 Å². The maximum absolute atomic E-state index is 13.2. The fraction of sp³-hybridized carbons (Fsp3) is 0.0870. The number of aromatic hydroxyl groups is 1. The molecule has 6 nitrogen and oxygen atoms in total. The van der Waals surface area contributed by atoms with Crippen LogP contribution in [0.15, 0.2) is 77.7 Å². The van der Waals surface area contributed by atoms with E-state index in [0.717, 1.165) is 11.1 Å². The monoisotopic (exact) mass is 385 g/mol. The van der Waals surface area contributed by atoms with Crippen LogP contribution in [0.5, 0.6) is 5.75 Å². The van der Waals surface area contributed by atoms with Crippen LogP contribution < -0.4 is 10.9 Å². The summed E-state index contributed by atoms with van der Waals surface area (Å²) in [6, 6.07) is 20.0. The number of anilines is 1. The zero-order chi connectivity index (χ0) is 20.4. The largest absolute Gasteiger partial charge is 0.506 e. The minimum absolute atomic E-state index is 0.234. The molecule has 0 saturated carbocycles. The van der Waals surface area contributed by atoms with E-state index in [-0.39, 0.29) is 17.9 Å². The summed E-state index contributed by atoms with van der Waals surface area (Å²) in [7, 11) is 0. The predicted octanol–water partition coefficient (Wildman–Crippen LogP) is 3.71. The third-order valence-corrected chi connectivity index (χ3v) is 4.80. The van der Waals surface area contributed by atoms with E-state index < -0.39 is 11.5 Å². The molecule has 0 aliphatic heterocycles. The average Bonchev–Trinajstić information content (AvgIpc) is 2.74. The zero-order valence-corrected chi connectivity index (χ0v) is 15.8. The molecule has 0 bridgehead atoms. The van der Waals surface area contributed by atoms with Crippen molar-refractivity contribution in [2.24, 2.45) is 0 Å². The van der Waals surface area contributed by atoms with E-state index in [0.29, 0.717) is 16.7 Å². The molecule has 0 aliphatic carbocycles. The zero-order valence-electron chi connectivity index (χ0n) is 15.8. The molecule has 0 unspecified atom stereocenters. The van der Waals surface area contributed by atoms with Crippen LogP contribution in [-0.2, 0) is 6.54 Å². The number of carbonyl (C=O) groups excluding carboxylic acids is 1. The Kier molecular flexibility index (Phi) is 4.83. The molecule has 0 saturated heterocycles. The Balaban J connectivity index is 1.87. The second-order valence-corrected chi connectivity index (χ2v) is 6.74. The molecule has 1 amide bonds. The second-order valence-electron chi connectivity index (χ2n) is 6.74. The molecule has 4 rings (SSSR count). The number of hydrogen-bond acceptors (Lipinski definition) is 4. The highest BCUT2D eigenvalue weighted by Crippen LogP contribution is 2.26. The summed E-state index contributed by atoms with van der Waals surface area (Å²) >= 11 is 0. The van der Waals surface area contributed by atoms with Gasteiger partial charge in [0.2, 0.25) is 0 Å². The topological polar surface area (TPSA) is 84.2 Å². The highest BCUT2D eigenvalue weighted by atomic mass is 16.3. The van der Waals surface area contributed by atoms with Gasteiger partial charge in [-0.05, 0) is 36.2 Å². The van der Waals surface area contributed by atoms with Crippen LogP contribution in [0, 0.1) is 6.92 Å². The van der Waals surface area contributed by atoms with Crippen molar-refractivity contribution >= 4 is 22.6 Å². The summed E-state index contributed by atoms with van der Waals surface area (Å²) in [6.07, 6.45) is 1.55. The summed E-state index contributed by atoms with van der Waals surface area (Å²) in [5.41, 5.74) is 1.75. The van der Waals surface area contributed by atoms with Crippen molar-refractivity contribution in [1.82, 2.24) is 9.55 Å². The van der Waals surface area contributed by atoms with Gasteiger partial charge in [-0.25, -0.2) is 4.98 Å². The summed E-state index contributed by atoms with van der Waals surface area (Å²) < 4.78 is 1.41. The molecule has 6 heteroatoms. The molecule has 0 atom stereocenters. The lowest BCUT2D eigenvalue weighted by Gasteiger charge is -2.15. The third-order valence-electron chi connectivity index (χ3n) is 4.80. The van der Waals surface area contributed by atoms with Crippen LogP contribution in [0.1, 0.15) is 21.5 Å². The Morgan fingerprint density at radius 2 is 1.76 bits per heavy atom. The predicted molar refractivity (Wildman–Crippen MR) is 112 cm³/mol. The van der Waals surface area contributed by atoms with Gasteiger partial charge < -0.3 is 10.4 Å². The number of aromatic nitrogens is 2. The van der Waals surface area contributed by atoms with Gasteiger partial charge in [0.15, 0.2) is 0 Å². The minimum Gasteiger partial charge on any atom is -0.506 e. The third kappa shape index (κ3) is 3.48. The highest BCUT2D eigenvalue weighted by Gasteiger charge is 2.23. The number of para-hydroxylation sites is 1. The molecule has 0 fully saturated rings. The molecule has 144 valence electrons. The molecule has 2 aromatic heterocycles. The van der Waals surface area contributed by atoms with Gasteiger partial charge >= 0.3 is 0 Å². The molecule has 4 aromatic rings. The molecule has 2 N–H and O–H groups in total. The summed E-state index contributed by atoms with van der Waals surface area (Å²) in [5, 5.41) is 13.8. The smallest absolute Gasteiger partial charge is 0.269 e. The molecule has 29 heavy (non-hydrogen) atoms. The lowest BCUT2D eigenvalue weighted by Crippen LogP contribution is -2.30. The van der Waals surface area contributed by atoms with Gasteiger partial charge in [-0.2, -0.15) is 0 Å². The van der Waals surface area contributed by atoms with Crippen molar-refractivity contribution in [1.29, 1.82) is 0 Å². The number of hydrogen-bond donors (Lipinski definition) is 2. The van der Waals surface area contributed by atoms with E-state index in [9.17, 15) is 14.7 Å². The fourth-order valence-corrected chi connectivity index (χ4v) is 3.28. The van der Waals surface area contributed by atoms with Crippen LogP contribution in [0.3, 0.4) is 0 Å². The molecule has 0 spiro atoms. The Labute approximate surface area is 167 Å². The standard InChI is InChI=1S/C23H19N3O3/c1-15-8-5-6-12-18(15)25-22(28)19-20(27)17-11-7-13-24-21(17)26(23(19)29)14-16-9-3-2-4-10-16/h2-13,27H,14H2,1H3,(H,25,28). The maximum Gasteiger partial charge on any atom is 0.269 e. The van der Waals surface area contributed by atoms with E-state index >= 15 is 0 Å². The quantitative estimate of drug-likeness (QED) is 0.561. The summed E-state index contributed by atoms with van der Waals surface area (Å²) in [4.78, 5) is 30.4. The van der Waals surface area contributed by atoms with Crippen LogP contribution in [0.2, 0.25) is 0 Å². The van der Waals surface area contributed by atoms with Crippen molar-refractivity contribution in [3.8, 4) is 5.75 Å². The van der Waals surface area contributed by atoms with Gasteiger partial charge in [-0.3, -0.25) is 14.2 Å². The summed E-state index contributed by atoms with van der Waals surface area (Å²) in [6.45, 7) is 2.09. The van der Waals surface area contributed by atoms with Crippen molar-refractivity contribution < 1.29 is 9.90 Å². The van der Waals surface area contributed by atoms with E-state index in [1.54, 1.807) is 30.5 Å². The Hall–Kier alpha value is -3.93. The lowest BCUT2D eigenvalue weighted by atomic mass is 10.1. The van der Waals surface area contributed by atoms with Crippen molar-refractivity contribution in [3.05, 3.63) is 100.0 Å². The van der Waals surface area contributed by atoms with Crippen LogP contribution in [-0.4, -0.2) is 20.6 Å². The number of nitrogens with zero attached hydrogens (tertiary/aromatic N) is 2. The van der Waals surface area contributed by atoms with Gasteiger partial charge in [0.25, 0.3) is 11.5 Å². The van der Waals surface area contributed by atoms with Crippen molar-refractivity contribution in [3.63, 3.8) is 0 Å². The number of benzene rings is 2. The average molecular weight is 385 g/mol. The summed E-state index contributed by atoms with van der Waals surface area (Å²) in [5.74, 6) is -1.03. The number of aryl methyl sites for hydroxylation is 1. The van der Waals surface area contributed by atoms with E-state index in [4.69, 9.17) is 0 Å². The fourth-order valence-electron chi connectivity index (χ4n) is 3.28. The molecule has 0 aliphatic rings. The normalized spacial score (nSPS) is 10.8. The van der Waals surface area contributed by atoms with Gasteiger partial charge in [0.05, 0.1) is 11.9 Å². The Morgan fingerprint density at radius 1 is 1.03 bits per heavy atom. The van der Waals surface area contributed by atoms with E-state index in [2.05, 4.69) is 10.3 Å². The van der Waals surface area contributed by atoms with Gasteiger partial charge in [-0.1, -0.05) is 48.5 Å². The van der Waals surface area contributed by atoms with Crippen molar-refractivity contribution in [2.45, 2.75) is 13.5 Å². The first-order valence-corrected chi connectivity index (χ1v) is 9.17. The molecular formula is C23H19N3O3. The SMILES string of the molecule is Cc1ccccc1NC(=O)c1c(O)c2cccnc2n(Cc2ccccc2)c1=O. The van der Waals surface area contributed by atoms with Crippen LogP contribution in [0.25, 0.3) is 11.0 Å². The maximum atomic E-state index is 13.2.